The van der Waals surface area contributed by atoms with Crippen molar-refractivity contribution in [1.29, 1.82) is 0 Å². The zero-order chi connectivity index (χ0) is 19.7. The molecule has 4 fully saturated rings. The fraction of sp³-hybridized carbons (Fsp3) is 0.550. The lowest BCUT2D eigenvalue weighted by Gasteiger charge is -2.56. The number of carbonyl (C=O) groups is 3. The molecule has 1 aromatic heterocycles. The first-order valence-electron chi connectivity index (χ1n) is 9.61. The first-order chi connectivity index (χ1) is 13.4. The highest BCUT2D eigenvalue weighted by atomic mass is 79.9. The summed E-state index contributed by atoms with van der Waals surface area (Å²) in [6.45, 7) is -0.515. The Hall–Kier alpha value is -2.09. The number of esters is 1. The van der Waals surface area contributed by atoms with E-state index in [-0.39, 0.29) is 5.54 Å². The molecule has 8 heteroatoms. The number of imide groups is 1. The van der Waals surface area contributed by atoms with Gasteiger partial charge in [0.25, 0.3) is 5.91 Å². The van der Waals surface area contributed by atoms with Gasteiger partial charge in [-0.2, -0.15) is 0 Å². The largest absolute Gasteiger partial charge is 0.452 e. The zero-order valence-electron chi connectivity index (χ0n) is 15.4. The van der Waals surface area contributed by atoms with E-state index in [0.29, 0.717) is 28.2 Å². The van der Waals surface area contributed by atoms with E-state index in [0.717, 1.165) is 25.3 Å². The highest BCUT2D eigenvalue weighted by Crippen LogP contribution is 2.55. The zero-order valence-corrected chi connectivity index (χ0v) is 17.0. The SMILES string of the molecule is O=C(COC(=O)/C=C/c1ccc(Br)o1)NC(=O)NC12CC3CC(CC(C3)C1)C2. The molecule has 28 heavy (non-hydrogen) atoms. The standard InChI is InChI=1S/C20H23BrN2O5/c21-16-3-1-15(28-16)2-4-18(25)27-11-17(24)22-19(26)23-20-8-12-5-13(9-20)7-14(6-12)10-20/h1-4,12-14H,5-11H2,(H2,22,23,24,26)/b4-2+. The molecule has 0 aromatic carbocycles. The number of hydrogen-bond acceptors (Lipinski definition) is 5. The Morgan fingerprint density at radius 1 is 1.14 bits per heavy atom. The van der Waals surface area contributed by atoms with Gasteiger partial charge < -0.3 is 14.5 Å². The fourth-order valence-electron chi connectivity index (χ4n) is 5.45. The Balaban J connectivity index is 1.21. The Bertz CT molecular complexity index is 780. The van der Waals surface area contributed by atoms with Crippen LogP contribution in [-0.4, -0.2) is 30.1 Å². The van der Waals surface area contributed by atoms with Crippen LogP contribution in [0.15, 0.2) is 27.3 Å². The van der Waals surface area contributed by atoms with Crippen LogP contribution in [-0.2, 0) is 14.3 Å². The molecule has 2 N–H and O–H groups in total. The monoisotopic (exact) mass is 450 g/mol. The predicted octanol–water partition coefficient (Wildman–Crippen LogP) is 3.39. The molecule has 4 aliphatic rings. The van der Waals surface area contributed by atoms with Crippen LogP contribution in [0.25, 0.3) is 6.08 Å². The number of rotatable bonds is 5. The molecule has 150 valence electrons. The van der Waals surface area contributed by atoms with Gasteiger partial charge >= 0.3 is 12.0 Å². The third-order valence-corrected chi connectivity index (χ3v) is 6.42. The minimum Gasteiger partial charge on any atom is -0.452 e. The van der Waals surface area contributed by atoms with Crippen molar-refractivity contribution < 1.29 is 23.5 Å². The van der Waals surface area contributed by atoms with E-state index in [1.54, 1.807) is 12.1 Å². The molecule has 0 radical (unpaired) electrons. The molecule has 0 unspecified atom stereocenters. The topological polar surface area (TPSA) is 97.6 Å². The van der Waals surface area contributed by atoms with Crippen LogP contribution in [0.4, 0.5) is 4.79 Å². The number of urea groups is 1. The number of nitrogens with one attached hydrogen (secondary N) is 2. The van der Waals surface area contributed by atoms with E-state index in [9.17, 15) is 14.4 Å². The van der Waals surface area contributed by atoms with Gasteiger partial charge in [-0.1, -0.05) is 0 Å². The minimum atomic E-state index is -0.691. The lowest BCUT2D eigenvalue weighted by atomic mass is 9.53. The van der Waals surface area contributed by atoms with Gasteiger partial charge in [-0.3, -0.25) is 10.1 Å². The third kappa shape index (κ3) is 4.48. The van der Waals surface area contributed by atoms with E-state index in [1.807, 2.05) is 0 Å². The van der Waals surface area contributed by atoms with Gasteiger partial charge in [0.1, 0.15) is 5.76 Å². The molecule has 3 amide bonds. The molecule has 1 aromatic rings. The summed E-state index contributed by atoms with van der Waals surface area (Å²) >= 11 is 3.16. The second-order valence-electron chi connectivity index (χ2n) is 8.28. The lowest BCUT2D eigenvalue weighted by molar-refractivity contribution is -0.143. The van der Waals surface area contributed by atoms with Crippen LogP contribution in [0, 0.1) is 17.8 Å². The summed E-state index contributed by atoms with van der Waals surface area (Å²) in [5, 5.41) is 5.32. The van der Waals surface area contributed by atoms with Gasteiger partial charge in [-0.05, 0) is 90.4 Å². The Kier molecular flexibility index (Phi) is 5.31. The van der Waals surface area contributed by atoms with Crippen molar-refractivity contribution in [3.05, 3.63) is 28.6 Å². The number of amides is 3. The van der Waals surface area contributed by atoms with Crippen LogP contribution >= 0.6 is 15.9 Å². The highest BCUT2D eigenvalue weighted by molar-refractivity contribution is 9.10. The van der Waals surface area contributed by atoms with Gasteiger partial charge in [0, 0.05) is 11.6 Å². The summed E-state index contributed by atoms with van der Waals surface area (Å²) in [6.07, 6.45) is 9.44. The summed E-state index contributed by atoms with van der Waals surface area (Å²) in [5.74, 6) is 1.23. The van der Waals surface area contributed by atoms with E-state index >= 15 is 0 Å². The number of hydrogen-bond donors (Lipinski definition) is 2. The summed E-state index contributed by atoms with van der Waals surface area (Å²) in [4.78, 5) is 35.9. The van der Waals surface area contributed by atoms with Crippen LogP contribution < -0.4 is 10.6 Å². The maximum Gasteiger partial charge on any atom is 0.331 e. The average Bonchev–Trinajstić information content (AvgIpc) is 3.01. The van der Waals surface area contributed by atoms with Crippen LogP contribution in [0.3, 0.4) is 0 Å². The van der Waals surface area contributed by atoms with Gasteiger partial charge in [0.2, 0.25) is 0 Å². The number of ether oxygens (including phenoxy) is 1. The van der Waals surface area contributed by atoms with Crippen LogP contribution in [0.1, 0.15) is 44.3 Å². The summed E-state index contributed by atoms with van der Waals surface area (Å²) in [5.41, 5.74) is -0.171. The maximum atomic E-state index is 12.3. The molecule has 1 heterocycles. The van der Waals surface area contributed by atoms with E-state index in [1.165, 1.54) is 25.3 Å². The van der Waals surface area contributed by atoms with E-state index in [4.69, 9.17) is 9.15 Å². The molecule has 4 saturated carbocycles. The molecule has 4 bridgehead atoms. The van der Waals surface area contributed by atoms with E-state index in [2.05, 4.69) is 26.6 Å². The van der Waals surface area contributed by atoms with Crippen molar-refractivity contribution in [3.63, 3.8) is 0 Å². The van der Waals surface area contributed by atoms with Gasteiger partial charge in [0.05, 0.1) is 0 Å². The second-order valence-corrected chi connectivity index (χ2v) is 9.06. The number of furan rings is 1. The van der Waals surface area contributed by atoms with Crippen molar-refractivity contribution in [1.82, 2.24) is 10.6 Å². The lowest BCUT2D eigenvalue weighted by Crippen LogP contribution is -2.62. The molecular formula is C20H23BrN2O5. The maximum absolute atomic E-state index is 12.3. The van der Waals surface area contributed by atoms with Gasteiger partial charge in [0.15, 0.2) is 11.3 Å². The second kappa shape index (κ2) is 7.73. The molecule has 7 nitrogen and oxygen atoms in total. The Morgan fingerprint density at radius 3 is 2.36 bits per heavy atom. The van der Waals surface area contributed by atoms with Crippen molar-refractivity contribution in [3.8, 4) is 0 Å². The molecule has 4 aliphatic carbocycles. The number of carbonyl (C=O) groups excluding carboxylic acids is 3. The third-order valence-electron chi connectivity index (χ3n) is 5.99. The molecule has 0 saturated heterocycles. The van der Waals surface area contributed by atoms with Crippen molar-refractivity contribution in [2.45, 2.75) is 44.1 Å². The fourth-order valence-corrected chi connectivity index (χ4v) is 5.77. The Labute approximate surface area is 171 Å². The first-order valence-corrected chi connectivity index (χ1v) is 10.4. The normalized spacial score (nSPS) is 30.4. The summed E-state index contributed by atoms with van der Waals surface area (Å²) < 4.78 is 10.6. The summed E-state index contributed by atoms with van der Waals surface area (Å²) in [7, 11) is 0. The quantitative estimate of drug-likeness (QED) is 0.529. The average molecular weight is 451 g/mol. The number of halogens is 1. The van der Waals surface area contributed by atoms with Crippen molar-refractivity contribution in [2.24, 2.45) is 17.8 Å². The predicted molar refractivity (Wildman–Crippen MR) is 104 cm³/mol. The summed E-state index contributed by atoms with van der Waals surface area (Å²) in [6, 6.07) is 2.87. The highest BCUT2D eigenvalue weighted by Gasteiger charge is 2.51. The molecule has 0 atom stereocenters. The first kappa shape index (κ1) is 19.2. The molecule has 0 aliphatic heterocycles. The minimum absolute atomic E-state index is 0.171. The molecule has 0 spiro atoms. The van der Waals surface area contributed by atoms with Crippen LogP contribution in [0.5, 0.6) is 0 Å². The van der Waals surface area contributed by atoms with Crippen molar-refractivity contribution >= 4 is 39.9 Å². The van der Waals surface area contributed by atoms with E-state index < -0.39 is 24.5 Å². The van der Waals surface area contributed by atoms with Gasteiger partial charge in [-0.25, -0.2) is 9.59 Å². The smallest absolute Gasteiger partial charge is 0.331 e. The van der Waals surface area contributed by atoms with Gasteiger partial charge in [-0.15, -0.1) is 0 Å². The van der Waals surface area contributed by atoms with Crippen molar-refractivity contribution in [2.75, 3.05) is 6.61 Å². The molecular weight excluding hydrogens is 428 g/mol. The molecule has 5 rings (SSSR count). The van der Waals surface area contributed by atoms with Crippen LogP contribution in [0.2, 0.25) is 0 Å². The Morgan fingerprint density at radius 2 is 1.79 bits per heavy atom.